The van der Waals surface area contributed by atoms with Gasteiger partial charge in [-0.05, 0) is 25.3 Å². The van der Waals surface area contributed by atoms with Gasteiger partial charge in [0.05, 0.1) is 19.3 Å². The molecule has 0 aliphatic carbocycles. The lowest BCUT2D eigenvalue weighted by atomic mass is 9.87. The zero-order valence-electron chi connectivity index (χ0n) is 9.00. The maximum Gasteiger partial charge on any atom is 0.116 e. The molecular formula is C11H18N2O2. The van der Waals surface area contributed by atoms with Crippen LogP contribution in [0, 0.1) is 22.7 Å². The molecule has 1 N–H and O–H groups in total. The molecule has 0 atom stereocenters. The van der Waals surface area contributed by atoms with Crippen molar-refractivity contribution < 1.29 is 9.47 Å². The van der Waals surface area contributed by atoms with E-state index in [0.29, 0.717) is 13.2 Å². The van der Waals surface area contributed by atoms with E-state index in [1.807, 2.05) is 0 Å². The Kier molecular flexibility index (Phi) is 3.57. The molecule has 2 saturated heterocycles. The third-order valence-corrected chi connectivity index (χ3v) is 3.23. The molecule has 2 aliphatic heterocycles. The molecule has 0 saturated carbocycles. The van der Waals surface area contributed by atoms with Crippen molar-refractivity contribution in [1.29, 1.82) is 5.26 Å². The summed E-state index contributed by atoms with van der Waals surface area (Å²) >= 11 is 0. The molecule has 0 aromatic carbocycles. The Morgan fingerprint density at radius 3 is 2.53 bits per heavy atom. The smallest absolute Gasteiger partial charge is 0.116 e. The predicted octanol–water partition coefficient (Wildman–Crippen LogP) is 0.543. The van der Waals surface area contributed by atoms with Crippen LogP contribution in [0.15, 0.2) is 0 Å². The largest absolute Gasteiger partial charge is 0.381 e. The van der Waals surface area contributed by atoms with E-state index in [-0.39, 0.29) is 5.41 Å². The maximum absolute atomic E-state index is 8.98. The van der Waals surface area contributed by atoms with Crippen LogP contribution in [-0.4, -0.2) is 39.5 Å². The van der Waals surface area contributed by atoms with Crippen LogP contribution in [0.3, 0.4) is 0 Å². The van der Waals surface area contributed by atoms with Crippen LogP contribution in [0.2, 0.25) is 0 Å². The van der Waals surface area contributed by atoms with E-state index in [9.17, 15) is 0 Å². The van der Waals surface area contributed by atoms with Crippen molar-refractivity contribution in [2.24, 2.45) is 11.3 Å². The first-order valence-corrected chi connectivity index (χ1v) is 5.62. The van der Waals surface area contributed by atoms with Gasteiger partial charge in [-0.25, -0.2) is 0 Å². The molecule has 0 radical (unpaired) electrons. The average molecular weight is 210 g/mol. The third-order valence-electron chi connectivity index (χ3n) is 3.23. The van der Waals surface area contributed by atoms with Crippen LogP contribution in [0.1, 0.15) is 12.8 Å². The normalized spacial score (nSPS) is 25.5. The zero-order chi connectivity index (χ0) is 10.6. The summed E-state index contributed by atoms with van der Waals surface area (Å²) in [5.41, 5.74) is -0.245. The van der Waals surface area contributed by atoms with Gasteiger partial charge in [0, 0.05) is 19.8 Å². The number of hydrogen-bond acceptors (Lipinski definition) is 4. The lowest BCUT2D eigenvalue weighted by molar-refractivity contribution is -0.0759. The average Bonchev–Trinajstić information content (AvgIpc) is 2.24. The van der Waals surface area contributed by atoms with Crippen molar-refractivity contribution >= 4 is 0 Å². The Bertz CT molecular complexity index is 239. The van der Waals surface area contributed by atoms with Gasteiger partial charge in [-0.1, -0.05) is 0 Å². The SMILES string of the molecule is N#CC1(CNCC2CCOCC2)COC1. The molecule has 4 heteroatoms. The van der Waals surface area contributed by atoms with Crippen molar-refractivity contribution in [3.05, 3.63) is 0 Å². The first-order chi connectivity index (χ1) is 7.35. The Morgan fingerprint density at radius 2 is 2.00 bits per heavy atom. The van der Waals surface area contributed by atoms with Gasteiger partial charge >= 0.3 is 0 Å². The van der Waals surface area contributed by atoms with E-state index in [4.69, 9.17) is 14.7 Å². The molecule has 15 heavy (non-hydrogen) atoms. The van der Waals surface area contributed by atoms with Crippen molar-refractivity contribution in [3.8, 4) is 6.07 Å². The summed E-state index contributed by atoms with van der Waals surface area (Å²) in [6.07, 6.45) is 2.28. The molecular weight excluding hydrogens is 192 g/mol. The van der Waals surface area contributed by atoms with Crippen molar-refractivity contribution in [1.82, 2.24) is 5.32 Å². The summed E-state index contributed by atoms with van der Waals surface area (Å²) in [5, 5.41) is 12.4. The first kappa shape index (κ1) is 10.9. The second-order valence-electron chi connectivity index (χ2n) is 4.57. The fraction of sp³-hybridized carbons (Fsp3) is 0.909. The number of nitrogens with zero attached hydrogens (tertiary/aromatic N) is 1. The Morgan fingerprint density at radius 1 is 1.27 bits per heavy atom. The van der Waals surface area contributed by atoms with Crippen LogP contribution in [0.25, 0.3) is 0 Å². The molecule has 2 aliphatic rings. The standard InChI is InChI=1S/C11H18N2O2/c12-6-11(8-15-9-11)7-13-5-10-1-3-14-4-2-10/h10,13H,1-5,7-9H2. The van der Waals surface area contributed by atoms with Gasteiger partial charge in [0.25, 0.3) is 0 Å². The van der Waals surface area contributed by atoms with Gasteiger partial charge in [0.1, 0.15) is 5.41 Å². The minimum absolute atomic E-state index is 0.245. The second-order valence-corrected chi connectivity index (χ2v) is 4.57. The summed E-state index contributed by atoms with van der Waals surface area (Å²) in [4.78, 5) is 0. The van der Waals surface area contributed by atoms with E-state index in [0.717, 1.165) is 45.1 Å². The Labute approximate surface area is 90.5 Å². The molecule has 0 unspecified atom stereocenters. The monoisotopic (exact) mass is 210 g/mol. The second kappa shape index (κ2) is 4.93. The molecule has 0 amide bonds. The zero-order valence-corrected chi connectivity index (χ0v) is 9.00. The number of hydrogen-bond donors (Lipinski definition) is 1. The summed E-state index contributed by atoms with van der Waals surface area (Å²) < 4.78 is 10.4. The van der Waals surface area contributed by atoms with Gasteiger partial charge in [-0.3, -0.25) is 0 Å². The minimum atomic E-state index is -0.245. The van der Waals surface area contributed by atoms with Gasteiger partial charge in [0.15, 0.2) is 0 Å². The fourth-order valence-electron chi connectivity index (χ4n) is 2.02. The van der Waals surface area contributed by atoms with Crippen LogP contribution in [0.4, 0.5) is 0 Å². The van der Waals surface area contributed by atoms with E-state index in [1.54, 1.807) is 0 Å². The Hall–Kier alpha value is -0.630. The number of nitrogens with one attached hydrogen (secondary N) is 1. The number of ether oxygens (including phenoxy) is 2. The van der Waals surface area contributed by atoms with Gasteiger partial charge in [0.2, 0.25) is 0 Å². The minimum Gasteiger partial charge on any atom is -0.381 e. The highest BCUT2D eigenvalue weighted by molar-refractivity contribution is 5.05. The molecule has 2 fully saturated rings. The van der Waals surface area contributed by atoms with Crippen LogP contribution in [-0.2, 0) is 9.47 Å². The summed E-state index contributed by atoms with van der Waals surface area (Å²) in [7, 11) is 0. The highest BCUT2D eigenvalue weighted by Gasteiger charge is 2.38. The molecule has 2 heterocycles. The molecule has 0 aromatic heterocycles. The molecule has 0 spiro atoms. The van der Waals surface area contributed by atoms with Crippen molar-refractivity contribution in [2.75, 3.05) is 39.5 Å². The first-order valence-electron chi connectivity index (χ1n) is 5.62. The van der Waals surface area contributed by atoms with Crippen molar-refractivity contribution in [2.45, 2.75) is 12.8 Å². The summed E-state index contributed by atoms with van der Waals surface area (Å²) in [6, 6.07) is 2.34. The number of nitriles is 1. The third kappa shape index (κ3) is 2.69. The Balaban J connectivity index is 1.63. The van der Waals surface area contributed by atoms with Crippen LogP contribution in [0.5, 0.6) is 0 Å². The van der Waals surface area contributed by atoms with E-state index < -0.39 is 0 Å². The van der Waals surface area contributed by atoms with Crippen LogP contribution < -0.4 is 5.32 Å². The van der Waals surface area contributed by atoms with E-state index in [1.165, 1.54) is 0 Å². The van der Waals surface area contributed by atoms with Gasteiger partial charge < -0.3 is 14.8 Å². The highest BCUT2D eigenvalue weighted by Crippen LogP contribution is 2.25. The van der Waals surface area contributed by atoms with Gasteiger partial charge in [-0.15, -0.1) is 0 Å². The van der Waals surface area contributed by atoms with E-state index in [2.05, 4.69) is 11.4 Å². The lowest BCUT2D eigenvalue weighted by Crippen LogP contribution is -2.49. The highest BCUT2D eigenvalue weighted by atomic mass is 16.5. The van der Waals surface area contributed by atoms with Gasteiger partial charge in [-0.2, -0.15) is 5.26 Å². The fourth-order valence-corrected chi connectivity index (χ4v) is 2.02. The molecule has 4 nitrogen and oxygen atoms in total. The predicted molar refractivity (Wildman–Crippen MR) is 55.3 cm³/mol. The van der Waals surface area contributed by atoms with Crippen LogP contribution >= 0.6 is 0 Å². The molecule has 2 rings (SSSR count). The van der Waals surface area contributed by atoms with E-state index >= 15 is 0 Å². The topological polar surface area (TPSA) is 54.3 Å². The molecule has 0 bridgehead atoms. The molecule has 84 valence electrons. The lowest BCUT2D eigenvalue weighted by Gasteiger charge is -2.35. The summed E-state index contributed by atoms with van der Waals surface area (Å²) in [5.74, 6) is 0.718. The molecule has 0 aromatic rings. The quantitative estimate of drug-likeness (QED) is 0.736. The maximum atomic E-state index is 8.98. The van der Waals surface area contributed by atoms with Crippen molar-refractivity contribution in [3.63, 3.8) is 0 Å². The number of rotatable bonds is 4. The summed E-state index contributed by atoms with van der Waals surface area (Å²) in [6.45, 7) is 4.72.